The molecule has 8 nitrogen and oxygen atoms in total. The first kappa shape index (κ1) is 27.2. The molecule has 1 aliphatic heterocycles. The zero-order valence-electron chi connectivity index (χ0n) is 23.2. The lowest BCUT2D eigenvalue weighted by molar-refractivity contribution is -0.0344. The maximum Gasteiger partial charge on any atom is 0.274 e. The van der Waals surface area contributed by atoms with E-state index in [1.807, 2.05) is 49.4 Å². The molecule has 1 spiro atoms. The molecule has 2 aliphatic rings. The molecular weight excluding hydrogens is 533 g/mol. The van der Waals surface area contributed by atoms with Gasteiger partial charge in [-0.15, -0.1) is 0 Å². The maximum atomic E-state index is 13.6. The first-order chi connectivity index (χ1) is 20.5. The summed E-state index contributed by atoms with van der Waals surface area (Å²) < 4.78 is 25.6. The molecule has 1 saturated carbocycles. The number of ether oxygens (including phenoxy) is 2. The number of rotatable bonds is 9. The Labute approximate surface area is 243 Å². The summed E-state index contributed by atoms with van der Waals surface area (Å²) in [5.41, 5.74) is 3.62. The summed E-state index contributed by atoms with van der Waals surface area (Å²) in [6.45, 7) is 4.25. The Morgan fingerprint density at radius 3 is 2.69 bits per heavy atom. The molecule has 0 unspecified atom stereocenters. The monoisotopic (exact) mass is 563 g/mol. The largest absolute Gasteiger partial charge is 0.488 e. The third-order valence-electron chi connectivity index (χ3n) is 7.78. The molecule has 6 rings (SSSR count). The second kappa shape index (κ2) is 11.5. The van der Waals surface area contributed by atoms with Crippen molar-refractivity contribution >= 4 is 11.6 Å². The Balaban J connectivity index is 1.18. The summed E-state index contributed by atoms with van der Waals surface area (Å²) >= 11 is 0. The van der Waals surface area contributed by atoms with Gasteiger partial charge in [-0.25, -0.2) is 14.4 Å². The number of nitrogens with zero attached hydrogens (tertiary/aromatic N) is 4. The van der Waals surface area contributed by atoms with E-state index in [0.717, 1.165) is 37.2 Å². The lowest BCUT2D eigenvalue weighted by Gasteiger charge is -2.59. The number of nitriles is 1. The lowest BCUT2D eigenvalue weighted by atomic mass is 9.61. The fraction of sp³-hybridized carbons (Fsp3) is 0.273. The van der Waals surface area contributed by atoms with Crippen LogP contribution < -0.4 is 19.7 Å². The van der Waals surface area contributed by atoms with E-state index >= 15 is 0 Å². The van der Waals surface area contributed by atoms with Crippen LogP contribution in [0.5, 0.6) is 11.6 Å². The Bertz CT molecular complexity index is 1640. The number of anilines is 1. The average molecular weight is 564 g/mol. The molecule has 0 atom stereocenters. The van der Waals surface area contributed by atoms with Gasteiger partial charge in [0.25, 0.3) is 5.91 Å². The number of pyridine rings is 2. The minimum absolute atomic E-state index is 0.0680. The Morgan fingerprint density at radius 2 is 1.93 bits per heavy atom. The quantitative estimate of drug-likeness (QED) is 0.286. The third-order valence-corrected chi connectivity index (χ3v) is 7.78. The number of nitrogens with one attached hydrogen (secondary N) is 1. The lowest BCUT2D eigenvalue weighted by Crippen LogP contribution is -2.65. The third kappa shape index (κ3) is 5.48. The summed E-state index contributed by atoms with van der Waals surface area (Å²) in [5, 5.41) is 12.4. The molecule has 3 heterocycles. The van der Waals surface area contributed by atoms with Gasteiger partial charge in [-0.1, -0.05) is 30.3 Å². The van der Waals surface area contributed by atoms with Gasteiger partial charge in [0.05, 0.1) is 29.1 Å². The van der Waals surface area contributed by atoms with Crippen LogP contribution in [0, 0.1) is 22.6 Å². The van der Waals surface area contributed by atoms with Gasteiger partial charge in [0.15, 0.2) is 11.4 Å². The van der Waals surface area contributed by atoms with Crippen LogP contribution in [0.2, 0.25) is 0 Å². The summed E-state index contributed by atoms with van der Waals surface area (Å²) in [6, 6.07) is 23.4. The molecule has 2 aromatic heterocycles. The summed E-state index contributed by atoms with van der Waals surface area (Å²) in [4.78, 5) is 24.6. The first-order valence-electron chi connectivity index (χ1n) is 14.0. The van der Waals surface area contributed by atoms with Crippen LogP contribution >= 0.6 is 0 Å². The van der Waals surface area contributed by atoms with Crippen molar-refractivity contribution in [3.05, 3.63) is 102 Å². The van der Waals surface area contributed by atoms with Gasteiger partial charge in [-0.3, -0.25) is 4.79 Å². The van der Waals surface area contributed by atoms with Crippen LogP contribution in [-0.4, -0.2) is 41.7 Å². The van der Waals surface area contributed by atoms with Crippen molar-refractivity contribution in [1.82, 2.24) is 15.3 Å². The number of halogens is 1. The number of carbonyl (C=O) groups is 1. The van der Waals surface area contributed by atoms with Crippen LogP contribution in [0.4, 0.5) is 10.1 Å². The SMILES string of the molecule is CCOc1ncccc1-c1ccc(OC2CC3(C2)CN(c2ccc(F)cc2C#N)C3)c(C(=O)NCc2ccccc2)n1. The molecule has 9 heteroatoms. The van der Waals surface area contributed by atoms with Gasteiger partial charge in [-0.2, -0.15) is 5.26 Å². The van der Waals surface area contributed by atoms with E-state index < -0.39 is 5.82 Å². The first-order valence-corrected chi connectivity index (χ1v) is 14.0. The van der Waals surface area contributed by atoms with Crippen LogP contribution in [0.1, 0.15) is 41.4 Å². The molecule has 1 N–H and O–H groups in total. The van der Waals surface area contributed by atoms with Crippen molar-refractivity contribution in [2.75, 3.05) is 24.6 Å². The zero-order valence-corrected chi connectivity index (χ0v) is 23.2. The van der Waals surface area contributed by atoms with E-state index in [-0.39, 0.29) is 23.1 Å². The molecule has 4 aromatic rings. The number of amides is 1. The second-order valence-electron chi connectivity index (χ2n) is 10.8. The van der Waals surface area contributed by atoms with Crippen molar-refractivity contribution in [2.24, 2.45) is 5.41 Å². The van der Waals surface area contributed by atoms with Crippen molar-refractivity contribution in [3.63, 3.8) is 0 Å². The number of hydrogen-bond donors (Lipinski definition) is 1. The zero-order chi connectivity index (χ0) is 29.1. The van der Waals surface area contributed by atoms with E-state index in [1.165, 1.54) is 12.1 Å². The minimum Gasteiger partial charge on any atom is -0.488 e. The number of carbonyl (C=O) groups excluding carboxylic acids is 1. The molecule has 2 aromatic carbocycles. The van der Waals surface area contributed by atoms with Gasteiger partial charge >= 0.3 is 0 Å². The normalized spacial score (nSPS) is 15.3. The van der Waals surface area contributed by atoms with E-state index in [2.05, 4.69) is 21.3 Å². The number of hydrogen-bond acceptors (Lipinski definition) is 7. The highest BCUT2D eigenvalue weighted by atomic mass is 19.1. The van der Waals surface area contributed by atoms with Crippen LogP contribution in [0.15, 0.2) is 79.0 Å². The number of aromatic nitrogens is 2. The van der Waals surface area contributed by atoms with Gasteiger partial charge in [0.1, 0.15) is 18.0 Å². The Kier molecular flexibility index (Phi) is 7.44. The molecule has 42 heavy (non-hydrogen) atoms. The summed E-state index contributed by atoms with van der Waals surface area (Å²) in [5.74, 6) is 0.130. The molecule has 212 valence electrons. The minimum atomic E-state index is -0.413. The highest BCUT2D eigenvalue weighted by Crippen LogP contribution is 2.51. The Morgan fingerprint density at radius 1 is 1.12 bits per heavy atom. The molecule has 2 fully saturated rings. The van der Waals surface area contributed by atoms with Gasteiger partial charge in [-0.05, 0) is 67.8 Å². The smallest absolute Gasteiger partial charge is 0.274 e. The summed E-state index contributed by atoms with van der Waals surface area (Å²) in [6.07, 6.45) is 3.22. The van der Waals surface area contributed by atoms with E-state index in [0.29, 0.717) is 41.6 Å². The van der Waals surface area contributed by atoms with E-state index in [9.17, 15) is 14.4 Å². The topological polar surface area (TPSA) is 100 Å². The van der Waals surface area contributed by atoms with E-state index in [4.69, 9.17) is 14.5 Å². The molecule has 0 bridgehead atoms. The standard InChI is InChI=1S/C33H30FN5O3/c1-2-41-32-26(9-6-14-36-32)27-11-13-29(30(38-27)31(40)37-19-22-7-4-3-5-8-22)42-25-16-33(17-25)20-39(21-33)28-12-10-24(34)15-23(28)18-35/h3-15,25H,2,16-17,19-21H2,1H3,(H,37,40). The van der Waals surface area contributed by atoms with Crippen molar-refractivity contribution in [3.8, 4) is 29.0 Å². The van der Waals surface area contributed by atoms with Crippen molar-refractivity contribution < 1.29 is 18.7 Å². The predicted octanol–water partition coefficient (Wildman–Crippen LogP) is 5.53. The highest BCUT2D eigenvalue weighted by molar-refractivity contribution is 5.95. The average Bonchev–Trinajstić information content (AvgIpc) is 2.98. The van der Waals surface area contributed by atoms with Gasteiger partial charge in [0, 0.05) is 31.2 Å². The highest BCUT2D eigenvalue weighted by Gasteiger charge is 2.54. The van der Waals surface area contributed by atoms with Crippen LogP contribution in [-0.2, 0) is 6.54 Å². The summed E-state index contributed by atoms with van der Waals surface area (Å²) in [7, 11) is 0. The van der Waals surface area contributed by atoms with Crippen molar-refractivity contribution in [2.45, 2.75) is 32.4 Å². The van der Waals surface area contributed by atoms with Gasteiger partial charge < -0.3 is 19.7 Å². The maximum absolute atomic E-state index is 13.6. The van der Waals surface area contributed by atoms with Gasteiger partial charge in [0.2, 0.25) is 5.88 Å². The van der Waals surface area contributed by atoms with Crippen LogP contribution in [0.3, 0.4) is 0 Å². The molecule has 1 aliphatic carbocycles. The molecule has 0 radical (unpaired) electrons. The molecule has 1 amide bonds. The van der Waals surface area contributed by atoms with E-state index in [1.54, 1.807) is 24.4 Å². The Hall–Kier alpha value is -4.97. The fourth-order valence-electron chi connectivity index (χ4n) is 5.79. The second-order valence-corrected chi connectivity index (χ2v) is 10.8. The fourth-order valence-corrected chi connectivity index (χ4v) is 5.79. The molecular formula is C33H30FN5O3. The van der Waals surface area contributed by atoms with Crippen molar-refractivity contribution in [1.29, 1.82) is 5.26 Å². The number of benzene rings is 2. The van der Waals surface area contributed by atoms with Crippen LogP contribution in [0.25, 0.3) is 11.3 Å². The predicted molar refractivity (Wildman–Crippen MR) is 156 cm³/mol. The molecule has 1 saturated heterocycles.